The molecule has 2 aromatic carbocycles. The van der Waals surface area contributed by atoms with Crippen LogP contribution in [0.15, 0.2) is 45.8 Å². The van der Waals surface area contributed by atoms with E-state index in [4.69, 9.17) is 21.1 Å². The summed E-state index contributed by atoms with van der Waals surface area (Å²) in [5, 5.41) is 0. The molecule has 0 radical (unpaired) electrons. The first kappa shape index (κ1) is 21.1. The van der Waals surface area contributed by atoms with Crippen molar-refractivity contribution in [3.63, 3.8) is 0 Å². The Kier molecular flexibility index (Phi) is 6.62. The molecule has 0 spiro atoms. The maximum atomic E-state index is 12.7. The minimum atomic E-state index is -3.99. The molecule has 5 nitrogen and oxygen atoms in total. The largest absolute Gasteiger partial charge is 0.493 e. The molecule has 0 aliphatic carbocycles. The average Bonchev–Trinajstić information content (AvgIpc) is 2.69. The fourth-order valence-corrected chi connectivity index (χ4v) is 4.95. The van der Waals surface area contributed by atoms with Crippen LogP contribution in [-0.4, -0.2) is 38.5 Å². The molecule has 0 saturated carbocycles. The summed E-state index contributed by atoms with van der Waals surface area (Å²) in [5.41, 5.74) is 1.76. The van der Waals surface area contributed by atoms with Gasteiger partial charge in [-0.3, -0.25) is 0 Å². The van der Waals surface area contributed by atoms with Crippen LogP contribution < -0.4 is 8.92 Å². The molecule has 0 aromatic heterocycles. The quantitative estimate of drug-likeness (QED) is 0.453. The van der Waals surface area contributed by atoms with Crippen LogP contribution in [0.2, 0.25) is 0 Å². The van der Waals surface area contributed by atoms with Gasteiger partial charge in [-0.1, -0.05) is 29.9 Å². The summed E-state index contributed by atoms with van der Waals surface area (Å²) in [6, 6.07) is 9.99. The van der Waals surface area contributed by atoms with Crippen molar-refractivity contribution in [1.82, 2.24) is 4.90 Å². The van der Waals surface area contributed by atoms with Crippen LogP contribution in [0.5, 0.6) is 11.5 Å². The second-order valence-corrected chi connectivity index (χ2v) is 9.48. The molecule has 0 unspecified atom stereocenters. The molecule has 1 aliphatic heterocycles. The average molecular weight is 484 g/mol. The lowest BCUT2D eigenvalue weighted by Gasteiger charge is -2.29. The monoisotopic (exact) mass is 483 g/mol. The number of hydrogen-bond donors (Lipinski definition) is 0. The van der Waals surface area contributed by atoms with Crippen molar-refractivity contribution >= 4 is 43.3 Å². The van der Waals surface area contributed by atoms with Crippen molar-refractivity contribution in [3.8, 4) is 11.5 Å². The van der Waals surface area contributed by atoms with E-state index in [0.29, 0.717) is 10.2 Å². The highest BCUT2D eigenvalue weighted by molar-refractivity contribution is 9.10. The minimum absolute atomic E-state index is 0.0833. The standard InChI is InChI=1S/C20H22BrNO4S2/c1-14-6-8-16(9-7-14)28(23,24)26-19-17(21)12-15(13-18(19)25-2)20(27)22-10-4-3-5-11-22/h6-9,12-13H,3-5,10-11H2,1-2H3. The number of rotatable bonds is 5. The highest BCUT2D eigenvalue weighted by Crippen LogP contribution is 2.39. The van der Waals surface area contributed by atoms with Crippen LogP contribution in [0.4, 0.5) is 0 Å². The van der Waals surface area contributed by atoms with Crippen molar-refractivity contribution in [2.75, 3.05) is 20.2 Å². The number of ether oxygens (including phenoxy) is 1. The van der Waals surface area contributed by atoms with Gasteiger partial charge in [-0.2, -0.15) is 8.42 Å². The van der Waals surface area contributed by atoms with Crippen molar-refractivity contribution in [2.24, 2.45) is 0 Å². The van der Waals surface area contributed by atoms with E-state index >= 15 is 0 Å². The molecule has 1 aliphatic rings. The van der Waals surface area contributed by atoms with Gasteiger partial charge in [0.2, 0.25) is 0 Å². The van der Waals surface area contributed by atoms with Gasteiger partial charge in [-0.05, 0) is 66.4 Å². The van der Waals surface area contributed by atoms with E-state index < -0.39 is 10.1 Å². The Bertz CT molecular complexity index is 968. The predicted octanol–water partition coefficient (Wildman–Crippen LogP) is 4.70. The molecule has 0 N–H and O–H groups in total. The van der Waals surface area contributed by atoms with Crippen molar-refractivity contribution < 1.29 is 17.3 Å². The van der Waals surface area contributed by atoms with E-state index in [-0.39, 0.29) is 10.6 Å². The van der Waals surface area contributed by atoms with Crippen LogP contribution in [0.3, 0.4) is 0 Å². The molecule has 0 atom stereocenters. The van der Waals surface area contributed by atoms with Gasteiger partial charge >= 0.3 is 10.1 Å². The summed E-state index contributed by atoms with van der Waals surface area (Å²) in [7, 11) is -2.52. The van der Waals surface area contributed by atoms with Gasteiger partial charge in [0.25, 0.3) is 0 Å². The molecule has 0 amide bonds. The lowest BCUT2D eigenvalue weighted by Crippen LogP contribution is -2.34. The van der Waals surface area contributed by atoms with Gasteiger partial charge in [-0.15, -0.1) is 0 Å². The highest BCUT2D eigenvalue weighted by Gasteiger charge is 2.24. The van der Waals surface area contributed by atoms with Crippen molar-refractivity contribution in [1.29, 1.82) is 0 Å². The molecular formula is C20H22BrNO4S2. The number of methoxy groups -OCH3 is 1. The molecule has 8 heteroatoms. The summed E-state index contributed by atoms with van der Waals surface area (Å²) in [5.74, 6) is 0.410. The van der Waals surface area contributed by atoms with Crippen LogP contribution in [0.1, 0.15) is 30.4 Å². The Morgan fingerprint density at radius 2 is 1.75 bits per heavy atom. The van der Waals surface area contributed by atoms with E-state index in [2.05, 4.69) is 20.8 Å². The molecule has 0 bridgehead atoms. The molecule has 1 heterocycles. The van der Waals surface area contributed by atoms with Crippen LogP contribution in [0.25, 0.3) is 0 Å². The van der Waals surface area contributed by atoms with Crippen molar-refractivity contribution in [3.05, 3.63) is 52.0 Å². The van der Waals surface area contributed by atoms with Gasteiger partial charge in [0.15, 0.2) is 11.5 Å². The summed E-state index contributed by atoms with van der Waals surface area (Å²) in [6.45, 7) is 3.75. The number of likely N-dealkylation sites (tertiary alicyclic amines) is 1. The van der Waals surface area contributed by atoms with Gasteiger partial charge < -0.3 is 13.8 Å². The molecule has 2 aromatic rings. The molecule has 1 fully saturated rings. The van der Waals surface area contributed by atoms with Crippen LogP contribution in [0, 0.1) is 6.92 Å². The third-order valence-corrected chi connectivity index (χ3v) is 6.94. The number of nitrogens with zero attached hydrogens (tertiary/aromatic N) is 1. The molecular weight excluding hydrogens is 462 g/mol. The Morgan fingerprint density at radius 3 is 2.36 bits per heavy atom. The second kappa shape index (κ2) is 8.80. The smallest absolute Gasteiger partial charge is 0.339 e. The summed E-state index contributed by atoms with van der Waals surface area (Å²) in [6.07, 6.45) is 3.46. The molecule has 28 heavy (non-hydrogen) atoms. The molecule has 150 valence electrons. The van der Waals surface area contributed by atoms with Crippen LogP contribution >= 0.6 is 28.1 Å². The van der Waals surface area contributed by atoms with Crippen molar-refractivity contribution in [2.45, 2.75) is 31.1 Å². The van der Waals surface area contributed by atoms with E-state index in [1.54, 1.807) is 24.3 Å². The molecule has 3 rings (SSSR count). The van der Waals surface area contributed by atoms with Gasteiger partial charge in [0.05, 0.1) is 11.6 Å². The Hall–Kier alpha value is -1.64. The summed E-state index contributed by atoms with van der Waals surface area (Å²) in [4.78, 5) is 2.98. The zero-order chi connectivity index (χ0) is 20.3. The predicted molar refractivity (Wildman–Crippen MR) is 117 cm³/mol. The number of halogens is 1. The van der Waals surface area contributed by atoms with Crippen LogP contribution in [-0.2, 0) is 10.1 Å². The number of benzene rings is 2. The van der Waals surface area contributed by atoms with Gasteiger partial charge in [0.1, 0.15) is 9.88 Å². The number of thiocarbonyl (C=S) groups is 1. The minimum Gasteiger partial charge on any atom is -0.493 e. The highest BCUT2D eigenvalue weighted by atomic mass is 79.9. The first-order valence-electron chi connectivity index (χ1n) is 9.00. The number of piperidine rings is 1. The van der Waals surface area contributed by atoms with E-state index in [9.17, 15) is 8.42 Å². The lowest BCUT2D eigenvalue weighted by molar-refractivity contribution is 0.347. The topological polar surface area (TPSA) is 55.8 Å². The van der Waals surface area contributed by atoms with Gasteiger partial charge in [-0.25, -0.2) is 0 Å². The Balaban J connectivity index is 1.91. The zero-order valence-corrected chi connectivity index (χ0v) is 19.0. The third-order valence-electron chi connectivity index (χ3n) is 4.62. The third kappa shape index (κ3) is 4.67. The molecule has 1 saturated heterocycles. The number of hydrogen-bond acceptors (Lipinski definition) is 5. The number of aryl methyl sites for hydroxylation is 1. The lowest BCUT2D eigenvalue weighted by atomic mass is 10.1. The maximum absolute atomic E-state index is 12.7. The van der Waals surface area contributed by atoms with E-state index in [1.165, 1.54) is 25.7 Å². The SMILES string of the molecule is COc1cc(C(=S)N2CCCCC2)cc(Br)c1OS(=O)(=O)c1ccc(C)cc1. The Labute approximate surface area is 179 Å². The first-order chi connectivity index (χ1) is 13.3. The van der Waals surface area contributed by atoms with Gasteiger partial charge in [0, 0.05) is 18.7 Å². The second-order valence-electron chi connectivity index (χ2n) is 6.69. The maximum Gasteiger partial charge on any atom is 0.339 e. The normalized spacial score (nSPS) is 14.6. The first-order valence-corrected chi connectivity index (χ1v) is 11.6. The summed E-state index contributed by atoms with van der Waals surface area (Å²) >= 11 is 9.06. The fraction of sp³-hybridized carbons (Fsp3) is 0.350. The Morgan fingerprint density at radius 1 is 1.11 bits per heavy atom. The fourth-order valence-electron chi connectivity index (χ4n) is 3.07. The summed E-state index contributed by atoms with van der Waals surface area (Å²) < 4.78 is 36.6. The van der Waals surface area contributed by atoms with E-state index in [0.717, 1.165) is 42.0 Å². The zero-order valence-electron chi connectivity index (χ0n) is 15.8. The van der Waals surface area contributed by atoms with E-state index in [1.807, 2.05) is 6.92 Å².